The zero-order valence-electron chi connectivity index (χ0n) is 43.0. The SMILES string of the molecule is Cc1cnc(Nc2cnn(C)c2)nc1NC1CN(C(=O)CC#N)CC12CCCCCCCCCCCCCCCCCCCCCCCCCCCCCCCCCCCCCCCCC2. The van der Waals surface area contributed by atoms with Gasteiger partial charge >= 0.3 is 0 Å². The van der Waals surface area contributed by atoms with Crippen molar-refractivity contribution in [3.05, 3.63) is 24.2 Å². The van der Waals surface area contributed by atoms with E-state index in [1.54, 1.807) is 10.9 Å². The lowest BCUT2D eigenvalue weighted by molar-refractivity contribution is -0.129. The Labute approximate surface area is 405 Å². The molecule has 1 atom stereocenters. The van der Waals surface area contributed by atoms with Crippen LogP contribution in [0.3, 0.4) is 0 Å². The molecule has 2 aromatic heterocycles. The van der Waals surface area contributed by atoms with E-state index in [0.717, 1.165) is 36.5 Å². The Balaban J connectivity index is 1.27. The minimum absolute atomic E-state index is 0.0442. The summed E-state index contributed by atoms with van der Waals surface area (Å²) in [6.07, 6.45) is 62.2. The third-order valence-electron chi connectivity index (χ3n) is 15.3. The molecule has 0 aromatic carbocycles. The van der Waals surface area contributed by atoms with Crippen molar-refractivity contribution in [2.75, 3.05) is 23.7 Å². The van der Waals surface area contributed by atoms with E-state index in [9.17, 15) is 10.1 Å². The summed E-state index contributed by atoms with van der Waals surface area (Å²) in [7, 11) is 1.90. The molecule has 1 saturated heterocycles. The zero-order chi connectivity index (χ0) is 46.6. The van der Waals surface area contributed by atoms with Gasteiger partial charge in [-0.2, -0.15) is 15.3 Å². The van der Waals surface area contributed by atoms with Crippen LogP contribution in [0.4, 0.5) is 17.5 Å². The lowest BCUT2D eigenvalue weighted by Crippen LogP contribution is -2.40. The molecule has 1 aliphatic heterocycles. The van der Waals surface area contributed by atoms with Crippen molar-refractivity contribution in [3.8, 4) is 6.07 Å². The molecule has 2 aromatic rings. The summed E-state index contributed by atoms with van der Waals surface area (Å²) in [6.45, 7) is 3.38. The highest BCUT2D eigenvalue weighted by Gasteiger charge is 2.47. The van der Waals surface area contributed by atoms with Crippen LogP contribution in [0.15, 0.2) is 18.6 Å². The molecule has 9 heteroatoms. The summed E-state index contributed by atoms with van der Waals surface area (Å²) in [5, 5.41) is 21.0. The zero-order valence-corrected chi connectivity index (χ0v) is 43.0. The Morgan fingerprint density at radius 3 is 1.30 bits per heavy atom. The van der Waals surface area contributed by atoms with Gasteiger partial charge in [0.15, 0.2) is 0 Å². The maximum Gasteiger partial charge on any atom is 0.236 e. The van der Waals surface area contributed by atoms with Gasteiger partial charge < -0.3 is 15.5 Å². The maximum absolute atomic E-state index is 13.4. The van der Waals surface area contributed by atoms with Gasteiger partial charge in [-0.15, -0.1) is 0 Å². The number of amides is 1. The van der Waals surface area contributed by atoms with Crippen molar-refractivity contribution in [2.45, 2.75) is 283 Å². The van der Waals surface area contributed by atoms with Gasteiger partial charge in [0, 0.05) is 43.5 Å². The molecule has 1 amide bonds. The van der Waals surface area contributed by atoms with Crippen LogP contribution in [0.2, 0.25) is 0 Å². The molecule has 1 saturated carbocycles. The Hall–Kier alpha value is -3.15. The second kappa shape index (κ2) is 35.9. The van der Waals surface area contributed by atoms with Crippen molar-refractivity contribution in [1.29, 1.82) is 5.26 Å². The van der Waals surface area contributed by atoms with Crippen molar-refractivity contribution >= 4 is 23.4 Å². The van der Waals surface area contributed by atoms with Gasteiger partial charge in [0.1, 0.15) is 12.2 Å². The van der Waals surface area contributed by atoms with Gasteiger partial charge in [-0.1, -0.05) is 250 Å². The molecule has 2 fully saturated rings. The molecule has 9 nitrogen and oxygen atoms in total. The van der Waals surface area contributed by atoms with Gasteiger partial charge in [-0.3, -0.25) is 9.48 Å². The first-order valence-corrected chi connectivity index (χ1v) is 28.5. The Bertz CT molecular complexity index is 1510. The fourth-order valence-corrected chi connectivity index (χ4v) is 11.1. The molecule has 374 valence electrons. The number of nitrogens with zero attached hydrogens (tertiary/aromatic N) is 6. The molecule has 0 bridgehead atoms. The van der Waals surface area contributed by atoms with Crippen LogP contribution in [-0.4, -0.2) is 49.7 Å². The number of aryl methyl sites for hydroxylation is 2. The standard InChI is InChI=1S/C57H100N8O/c1-51-46-59-56(61-52-47-60-64(2)48-52)63-55(51)62-53-49-65(54(66)42-45-58)50-57(53)43-40-38-36-34-32-30-28-26-24-22-20-18-16-14-12-10-8-6-4-3-5-7-9-11-13-15-17-19-21-23-25-27-29-31-33-35-37-39-41-44-57/h46-48,53H,3-44,49-50H2,1-2H3,(H2,59,61,62,63). The molecule has 66 heavy (non-hydrogen) atoms. The number of hydrogen-bond acceptors (Lipinski definition) is 7. The summed E-state index contributed by atoms with van der Waals surface area (Å²) < 4.78 is 1.76. The number of nitrogens with one attached hydrogen (secondary N) is 2. The quantitative estimate of drug-likeness (QED) is 0.307. The van der Waals surface area contributed by atoms with Crippen LogP contribution in [0.1, 0.15) is 275 Å². The number of carbonyl (C=O) groups is 1. The molecule has 1 spiro atoms. The molecule has 3 heterocycles. The molecule has 1 aliphatic carbocycles. The van der Waals surface area contributed by atoms with E-state index in [1.807, 2.05) is 24.3 Å². The summed E-state index contributed by atoms with van der Waals surface area (Å²) in [5.41, 5.74) is 1.77. The monoisotopic (exact) mass is 913 g/mol. The highest BCUT2D eigenvalue weighted by molar-refractivity contribution is 5.79. The lowest BCUT2D eigenvalue weighted by Gasteiger charge is -2.36. The van der Waals surface area contributed by atoms with Crippen LogP contribution >= 0.6 is 0 Å². The predicted octanol–water partition coefficient (Wildman–Crippen LogP) is 16.8. The number of anilines is 3. The largest absolute Gasteiger partial charge is 0.365 e. The third kappa shape index (κ3) is 24.2. The van der Waals surface area contributed by atoms with E-state index < -0.39 is 0 Å². The predicted molar refractivity (Wildman–Crippen MR) is 279 cm³/mol. The normalized spacial score (nSPS) is 22.3. The summed E-state index contributed by atoms with van der Waals surface area (Å²) in [4.78, 5) is 24.9. The summed E-state index contributed by atoms with van der Waals surface area (Å²) in [5.74, 6) is 1.30. The molecular formula is C57H100N8O. The topological polar surface area (TPSA) is 112 Å². The van der Waals surface area contributed by atoms with Gasteiger partial charge in [0.25, 0.3) is 0 Å². The van der Waals surface area contributed by atoms with Crippen molar-refractivity contribution in [1.82, 2.24) is 24.6 Å². The highest BCUT2D eigenvalue weighted by atomic mass is 16.2. The minimum atomic E-state index is -0.0642. The molecule has 0 radical (unpaired) electrons. The molecule has 2 aliphatic rings. The van der Waals surface area contributed by atoms with Crippen LogP contribution in [0.5, 0.6) is 0 Å². The first-order chi connectivity index (χ1) is 32.5. The number of aromatic nitrogens is 4. The lowest BCUT2D eigenvalue weighted by atomic mass is 9.74. The van der Waals surface area contributed by atoms with E-state index >= 15 is 0 Å². The Morgan fingerprint density at radius 2 is 0.970 bits per heavy atom. The Morgan fingerprint density at radius 1 is 0.606 bits per heavy atom. The smallest absolute Gasteiger partial charge is 0.236 e. The number of nitriles is 1. The van der Waals surface area contributed by atoms with Crippen LogP contribution in [0.25, 0.3) is 0 Å². The first kappa shape index (κ1) is 55.4. The van der Waals surface area contributed by atoms with Crippen molar-refractivity contribution in [3.63, 3.8) is 0 Å². The van der Waals surface area contributed by atoms with E-state index in [1.165, 1.54) is 250 Å². The molecular weight excluding hydrogens is 813 g/mol. The van der Waals surface area contributed by atoms with Crippen molar-refractivity contribution in [2.24, 2.45) is 12.5 Å². The summed E-state index contributed by atoms with van der Waals surface area (Å²) in [6, 6.07) is 2.20. The van der Waals surface area contributed by atoms with E-state index in [4.69, 9.17) is 4.98 Å². The second-order valence-electron chi connectivity index (χ2n) is 21.2. The number of hydrogen-bond donors (Lipinski definition) is 2. The number of carbonyl (C=O) groups excluding carboxylic acids is 1. The van der Waals surface area contributed by atoms with Gasteiger partial charge in [-0.05, 0) is 19.8 Å². The van der Waals surface area contributed by atoms with Crippen molar-refractivity contribution < 1.29 is 4.79 Å². The highest BCUT2D eigenvalue weighted by Crippen LogP contribution is 2.43. The third-order valence-corrected chi connectivity index (χ3v) is 15.3. The average molecular weight is 913 g/mol. The van der Waals surface area contributed by atoms with E-state index in [0.29, 0.717) is 12.5 Å². The van der Waals surface area contributed by atoms with E-state index in [2.05, 4.69) is 33.7 Å². The average Bonchev–Trinajstić information content (AvgIpc) is 3.89. The maximum atomic E-state index is 13.4. The minimum Gasteiger partial charge on any atom is -0.365 e. The summed E-state index contributed by atoms with van der Waals surface area (Å²) >= 11 is 0. The van der Waals surface area contributed by atoms with E-state index in [-0.39, 0.29) is 23.8 Å². The van der Waals surface area contributed by atoms with Gasteiger partial charge in [0.05, 0.1) is 24.0 Å². The van der Waals surface area contributed by atoms with Crippen LogP contribution < -0.4 is 10.6 Å². The molecule has 2 N–H and O–H groups in total. The first-order valence-electron chi connectivity index (χ1n) is 28.5. The Kier molecular flexibility index (Phi) is 30.2. The molecule has 1 unspecified atom stereocenters. The number of likely N-dealkylation sites (tertiary alicyclic amines) is 1. The number of rotatable bonds is 5. The van der Waals surface area contributed by atoms with Crippen LogP contribution in [0, 0.1) is 23.7 Å². The van der Waals surface area contributed by atoms with Crippen LogP contribution in [-0.2, 0) is 11.8 Å². The van der Waals surface area contributed by atoms with Gasteiger partial charge in [0.2, 0.25) is 11.9 Å². The van der Waals surface area contributed by atoms with Gasteiger partial charge in [-0.25, -0.2) is 4.98 Å². The fraction of sp³-hybridized carbons (Fsp3) is 0.842. The second-order valence-corrected chi connectivity index (χ2v) is 21.2. The molecule has 4 rings (SSSR count). The fourth-order valence-electron chi connectivity index (χ4n) is 11.1.